The van der Waals surface area contributed by atoms with Gasteiger partial charge in [-0.25, -0.2) is 0 Å². The first kappa shape index (κ1) is 18.4. The zero-order valence-electron chi connectivity index (χ0n) is 15.0. The fourth-order valence-corrected chi connectivity index (χ4v) is 3.21. The maximum Gasteiger partial charge on any atom is 0.263 e. The van der Waals surface area contributed by atoms with Crippen molar-refractivity contribution in [1.82, 2.24) is 4.90 Å². The summed E-state index contributed by atoms with van der Waals surface area (Å²) in [7, 11) is 1.67. The number of carbonyl (C=O) groups excluding carboxylic acids is 1. The van der Waals surface area contributed by atoms with E-state index in [0.717, 1.165) is 24.5 Å². The van der Waals surface area contributed by atoms with Crippen molar-refractivity contribution >= 4 is 23.2 Å². The Labute approximate surface area is 159 Å². The van der Waals surface area contributed by atoms with Gasteiger partial charge in [0.05, 0.1) is 12.8 Å². The maximum absolute atomic E-state index is 12.7. The molecule has 0 aromatic heterocycles. The molecular formula is C20H23ClN2O3. The monoisotopic (exact) mass is 374 g/mol. The number of anilines is 1. The molecule has 1 amide bonds. The molecule has 0 radical (unpaired) electrons. The number of rotatable bonds is 5. The van der Waals surface area contributed by atoms with E-state index >= 15 is 0 Å². The zero-order chi connectivity index (χ0) is 18.5. The molecule has 1 aliphatic rings. The summed E-state index contributed by atoms with van der Waals surface area (Å²) in [6.07, 6.45) is -0.533. The van der Waals surface area contributed by atoms with Crippen molar-refractivity contribution in [3.63, 3.8) is 0 Å². The lowest BCUT2D eigenvalue weighted by Gasteiger charge is -2.37. The Morgan fingerprint density at radius 3 is 2.35 bits per heavy atom. The van der Waals surface area contributed by atoms with Crippen LogP contribution in [0.2, 0.25) is 5.02 Å². The summed E-state index contributed by atoms with van der Waals surface area (Å²) in [4.78, 5) is 16.8. The molecule has 1 aliphatic heterocycles. The lowest BCUT2D eigenvalue weighted by Crippen LogP contribution is -2.52. The molecule has 6 heteroatoms. The highest BCUT2D eigenvalue weighted by Crippen LogP contribution is 2.28. The minimum absolute atomic E-state index is 0.000346. The molecule has 0 aliphatic carbocycles. The van der Waals surface area contributed by atoms with Crippen molar-refractivity contribution < 1.29 is 14.3 Å². The first-order chi connectivity index (χ1) is 12.6. The van der Waals surface area contributed by atoms with Gasteiger partial charge in [-0.05, 0) is 43.3 Å². The number of hydrogen-bond donors (Lipinski definition) is 0. The predicted octanol–water partition coefficient (Wildman–Crippen LogP) is 3.46. The summed E-state index contributed by atoms with van der Waals surface area (Å²) in [5.74, 6) is 1.49. The molecule has 1 fully saturated rings. The number of hydrogen-bond acceptors (Lipinski definition) is 4. The fourth-order valence-electron chi connectivity index (χ4n) is 3.08. The summed E-state index contributed by atoms with van der Waals surface area (Å²) < 4.78 is 11.2. The lowest BCUT2D eigenvalue weighted by molar-refractivity contribution is -0.138. The minimum Gasteiger partial charge on any atom is -0.495 e. The normalized spacial score (nSPS) is 15.5. The number of para-hydroxylation sites is 2. The van der Waals surface area contributed by atoms with E-state index in [1.807, 2.05) is 29.2 Å². The smallest absolute Gasteiger partial charge is 0.263 e. The van der Waals surface area contributed by atoms with E-state index in [1.165, 1.54) is 0 Å². The molecule has 0 N–H and O–H groups in total. The van der Waals surface area contributed by atoms with Crippen LogP contribution in [-0.4, -0.2) is 50.2 Å². The van der Waals surface area contributed by atoms with Crippen molar-refractivity contribution in [1.29, 1.82) is 0 Å². The Hall–Kier alpha value is -2.40. The van der Waals surface area contributed by atoms with Crippen LogP contribution in [0.1, 0.15) is 6.92 Å². The molecule has 26 heavy (non-hydrogen) atoms. The average molecular weight is 375 g/mol. The molecule has 0 bridgehead atoms. The van der Waals surface area contributed by atoms with E-state index < -0.39 is 6.10 Å². The average Bonchev–Trinajstić information content (AvgIpc) is 2.69. The number of nitrogens with zero attached hydrogens (tertiary/aromatic N) is 2. The number of amides is 1. The molecular weight excluding hydrogens is 352 g/mol. The number of carbonyl (C=O) groups is 1. The van der Waals surface area contributed by atoms with E-state index in [2.05, 4.69) is 4.90 Å². The van der Waals surface area contributed by atoms with Crippen molar-refractivity contribution in [2.75, 3.05) is 38.2 Å². The Bertz CT molecular complexity index is 743. The molecule has 0 saturated carbocycles. The lowest BCUT2D eigenvalue weighted by atomic mass is 10.2. The molecule has 1 heterocycles. The van der Waals surface area contributed by atoms with Crippen molar-refractivity contribution in [3.8, 4) is 11.5 Å². The number of methoxy groups -OCH3 is 1. The first-order valence-electron chi connectivity index (χ1n) is 8.67. The van der Waals surface area contributed by atoms with E-state index in [0.29, 0.717) is 23.9 Å². The van der Waals surface area contributed by atoms with Crippen LogP contribution in [0.3, 0.4) is 0 Å². The Morgan fingerprint density at radius 1 is 1.04 bits per heavy atom. The Morgan fingerprint density at radius 2 is 1.69 bits per heavy atom. The van der Waals surface area contributed by atoms with Crippen LogP contribution < -0.4 is 14.4 Å². The highest BCUT2D eigenvalue weighted by molar-refractivity contribution is 6.30. The summed E-state index contributed by atoms with van der Waals surface area (Å²) in [6, 6.07) is 15.0. The van der Waals surface area contributed by atoms with Gasteiger partial charge in [0.25, 0.3) is 5.91 Å². The molecule has 1 atom stereocenters. The second-order valence-electron chi connectivity index (χ2n) is 6.20. The summed E-state index contributed by atoms with van der Waals surface area (Å²) >= 11 is 5.87. The van der Waals surface area contributed by atoms with E-state index in [1.54, 1.807) is 38.3 Å². The second-order valence-corrected chi connectivity index (χ2v) is 6.63. The molecule has 0 unspecified atom stereocenters. The van der Waals surface area contributed by atoms with Gasteiger partial charge in [-0.1, -0.05) is 23.7 Å². The van der Waals surface area contributed by atoms with Crippen molar-refractivity contribution in [3.05, 3.63) is 53.6 Å². The minimum atomic E-state index is -0.533. The van der Waals surface area contributed by atoms with Crippen molar-refractivity contribution in [2.45, 2.75) is 13.0 Å². The van der Waals surface area contributed by atoms with Crippen LogP contribution in [0.15, 0.2) is 48.5 Å². The van der Waals surface area contributed by atoms with E-state index in [4.69, 9.17) is 21.1 Å². The van der Waals surface area contributed by atoms with Gasteiger partial charge in [-0.15, -0.1) is 0 Å². The molecule has 1 saturated heterocycles. The van der Waals surface area contributed by atoms with Gasteiger partial charge in [0.15, 0.2) is 6.10 Å². The van der Waals surface area contributed by atoms with Crippen molar-refractivity contribution in [2.24, 2.45) is 0 Å². The Kier molecular flexibility index (Phi) is 5.89. The molecule has 3 rings (SSSR count). The largest absolute Gasteiger partial charge is 0.495 e. The summed E-state index contributed by atoms with van der Waals surface area (Å²) in [5.41, 5.74) is 1.06. The predicted molar refractivity (Wildman–Crippen MR) is 103 cm³/mol. The van der Waals surface area contributed by atoms with Crippen LogP contribution in [-0.2, 0) is 4.79 Å². The highest BCUT2D eigenvalue weighted by atomic mass is 35.5. The van der Waals surface area contributed by atoms with E-state index in [-0.39, 0.29) is 5.91 Å². The zero-order valence-corrected chi connectivity index (χ0v) is 15.8. The Balaban J connectivity index is 1.57. The fraction of sp³-hybridized carbons (Fsp3) is 0.350. The molecule has 2 aromatic carbocycles. The third-order valence-electron chi connectivity index (χ3n) is 4.49. The topological polar surface area (TPSA) is 42.0 Å². The summed E-state index contributed by atoms with van der Waals surface area (Å²) in [5, 5.41) is 0.642. The van der Waals surface area contributed by atoms with Gasteiger partial charge in [0.1, 0.15) is 11.5 Å². The number of piperazine rings is 1. The molecule has 0 spiro atoms. The van der Waals surface area contributed by atoms with Gasteiger partial charge >= 0.3 is 0 Å². The first-order valence-corrected chi connectivity index (χ1v) is 9.05. The van der Waals surface area contributed by atoms with Crippen LogP contribution in [0.25, 0.3) is 0 Å². The quantitative estimate of drug-likeness (QED) is 0.803. The van der Waals surface area contributed by atoms with Crippen LogP contribution in [0, 0.1) is 0 Å². The van der Waals surface area contributed by atoms with Gasteiger partial charge in [-0.2, -0.15) is 0 Å². The van der Waals surface area contributed by atoms with Crippen LogP contribution in [0.5, 0.6) is 11.5 Å². The third kappa shape index (κ3) is 4.22. The highest BCUT2D eigenvalue weighted by Gasteiger charge is 2.27. The van der Waals surface area contributed by atoms with Crippen LogP contribution >= 0.6 is 11.6 Å². The second kappa shape index (κ2) is 8.32. The molecule has 5 nitrogen and oxygen atoms in total. The number of halogens is 1. The van der Waals surface area contributed by atoms with Gasteiger partial charge in [-0.3, -0.25) is 4.79 Å². The third-order valence-corrected chi connectivity index (χ3v) is 4.74. The number of ether oxygens (including phenoxy) is 2. The molecule has 138 valence electrons. The maximum atomic E-state index is 12.7. The standard InChI is InChI=1S/C20H23ClN2O3/c1-15(26-17-9-7-16(21)8-10-17)20(24)23-13-11-22(12-14-23)18-5-3-4-6-19(18)25-2/h3-10,15H,11-14H2,1-2H3/t15-/m1/s1. The van der Waals surface area contributed by atoms with Crippen LogP contribution in [0.4, 0.5) is 5.69 Å². The van der Waals surface area contributed by atoms with E-state index in [9.17, 15) is 4.79 Å². The molecule has 2 aromatic rings. The SMILES string of the molecule is COc1ccccc1N1CCN(C(=O)[C@@H](C)Oc2ccc(Cl)cc2)CC1. The number of benzene rings is 2. The van der Waals surface area contributed by atoms with Gasteiger partial charge in [0, 0.05) is 31.2 Å². The summed E-state index contributed by atoms with van der Waals surface area (Å²) in [6.45, 7) is 4.62. The van der Waals surface area contributed by atoms with Gasteiger partial charge < -0.3 is 19.3 Å². The van der Waals surface area contributed by atoms with Gasteiger partial charge in [0.2, 0.25) is 0 Å².